The second-order valence-electron chi connectivity index (χ2n) is 6.84. The quantitative estimate of drug-likeness (QED) is 0.721. The van der Waals surface area contributed by atoms with E-state index in [-0.39, 0.29) is 11.7 Å². The first kappa shape index (κ1) is 20.0. The van der Waals surface area contributed by atoms with Gasteiger partial charge in [0.2, 0.25) is 0 Å². The van der Waals surface area contributed by atoms with Crippen molar-refractivity contribution in [2.45, 2.75) is 39.3 Å². The Morgan fingerprint density at radius 1 is 1.00 bits per heavy atom. The first-order chi connectivity index (χ1) is 12.3. The zero-order chi connectivity index (χ0) is 19.3. The summed E-state index contributed by atoms with van der Waals surface area (Å²) in [6.45, 7) is 5.90. The summed E-state index contributed by atoms with van der Waals surface area (Å²) < 4.78 is 40.1. The molecular weight excluding hydrogens is 341 g/mol. The molecule has 0 radical (unpaired) electrons. The average Bonchev–Trinajstić information content (AvgIpc) is 2.61. The number of quaternary nitrogens is 1. The van der Waals surface area contributed by atoms with Crippen molar-refractivity contribution in [3.05, 3.63) is 65.5 Å². The molecule has 2 aromatic rings. The van der Waals surface area contributed by atoms with E-state index in [9.17, 15) is 18.0 Å². The van der Waals surface area contributed by atoms with E-state index in [2.05, 4.69) is 19.2 Å². The van der Waals surface area contributed by atoms with Crippen LogP contribution in [0.15, 0.2) is 42.5 Å². The Morgan fingerprint density at radius 3 is 2.27 bits per heavy atom. The Kier molecular flexibility index (Phi) is 6.80. The van der Waals surface area contributed by atoms with Crippen LogP contribution in [0.3, 0.4) is 0 Å². The monoisotopic (exact) mass is 365 g/mol. The number of carbonyl (C=O) groups is 1. The van der Waals surface area contributed by atoms with Gasteiger partial charge in [-0.3, -0.25) is 4.79 Å². The second kappa shape index (κ2) is 8.85. The van der Waals surface area contributed by atoms with Gasteiger partial charge in [0.05, 0.1) is 5.69 Å². The maximum Gasteiger partial charge on any atom is 0.282 e. The van der Waals surface area contributed by atoms with Crippen molar-refractivity contribution in [3.8, 4) is 0 Å². The molecule has 0 saturated heterocycles. The molecule has 140 valence electrons. The molecule has 1 amide bonds. The first-order valence-corrected chi connectivity index (χ1v) is 8.64. The van der Waals surface area contributed by atoms with Crippen molar-refractivity contribution in [1.82, 2.24) is 0 Å². The van der Waals surface area contributed by atoms with Crippen molar-refractivity contribution in [2.75, 3.05) is 5.32 Å². The lowest BCUT2D eigenvalue weighted by atomic mass is 9.96. The summed E-state index contributed by atoms with van der Waals surface area (Å²) in [7, 11) is 0. The van der Waals surface area contributed by atoms with E-state index < -0.39 is 29.4 Å². The SMILES string of the molecule is CC(C)C[C@@H]([NH2+][C@@H](C)C(=O)Nc1ccc(F)c(F)c1F)c1ccccc1. The summed E-state index contributed by atoms with van der Waals surface area (Å²) >= 11 is 0. The lowest BCUT2D eigenvalue weighted by Crippen LogP contribution is -2.92. The lowest BCUT2D eigenvalue weighted by Gasteiger charge is -2.22. The number of benzene rings is 2. The second-order valence-corrected chi connectivity index (χ2v) is 6.84. The van der Waals surface area contributed by atoms with Gasteiger partial charge in [0.15, 0.2) is 23.5 Å². The Balaban J connectivity index is 2.10. The van der Waals surface area contributed by atoms with Gasteiger partial charge in [-0.25, -0.2) is 13.2 Å². The van der Waals surface area contributed by atoms with Gasteiger partial charge in [-0.15, -0.1) is 0 Å². The number of hydrogen-bond donors (Lipinski definition) is 2. The molecule has 26 heavy (non-hydrogen) atoms. The number of nitrogens with two attached hydrogens (primary N) is 1. The molecule has 0 aliphatic carbocycles. The topological polar surface area (TPSA) is 45.7 Å². The third-order valence-corrected chi connectivity index (χ3v) is 4.18. The predicted octanol–water partition coefficient (Wildman–Crippen LogP) is 3.78. The highest BCUT2D eigenvalue weighted by molar-refractivity contribution is 5.93. The van der Waals surface area contributed by atoms with Crippen LogP contribution in [0.4, 0.5) is 18.9 Å². The number of hydrogen-bond acceptors (Lipinski definition) is 1. The third-order valence-electron chi connectivity index (χ3n) is 4.18. The molecule has 2 aromatic carbocycles. The van der Waals surface area contributed by atoms with E-state index in [1.165, 1.54) is 0 Å². The van der Waals surface area contributed by atoms with Crippen LogP contribution in [0.2, 0.25) is 0 Å². The van der Waals surface area contributed by atoms with E-state index >= 15 is 0 Å². The van der Waals surface area contributed by atoms with Gasteiger partial charge in [-0.1, -0.05) is 44.2 Å². The number of amides is 1. The minimum Gasteiger partial charge on any atom is -0.330 e. The molecular formula is C20H24F3N2O+. The highest BCUT2D eigenvalue weighted by Gasteiger charge is 2.25. The number of carbonyl (C=O) groups excluding carboxylic acids is 1. The lowest BCUT2D eigenvalue weighted by molar-refractivity contribution is -0.714. The van der Waals surface area contributed by atoms with Crippen LogP contribution in [0.1, 0.15) is 38.8 Å². The number of anilines is 1. The van der Waals surface area contributed by atoms with Crippen molar-refractivity contribution >= 4 is 11.6 Å². The Morgan fingerprint density at radius 2 is 1.65 bits per heavy atom. The Hall–Kier alpha value is -2.34. The molecule has 0 saturated carbocycles. The standard InChI is InChI=1S/C20H23F3N2O/c1-12(2)11-17(14-7-5-4-6-8-14)24-13(3)20(26)25-16-10-9-15(21)18(22)19(16)23/h4-10,12-13,17,24H,11H2,1-3H3,(H,25,26)/p+1/t13-,17+/m0/s1. The largest absolute Gasteiger partial charge is 0.330 e. The molecule has 6 heteroatoms. The van der Waals surface area contributed by atoms with Gasteiger partial charge >= 0.3 is 0 Å². The maximum absolute atomic E-state index is 13.7. The van der Waals surface area contributed by atoms with E-state index in [1.807, 2.05) is 35.6 Å². The van der Waals surface area contributed by atoms with Crippen molar-refractivity contribution in [1.29, 1.82) is 0 Å². The smallest absolute Gasteiger partial charge is 0.282 e. The van der Waals surface area contributed by atoms with E-state index in [0.717, 1.165) is 24.1 Å². The highest BCUT2D eigenvalue weighted by Crippen LogP contribution is 2.20. The fourth-order valence-corrected chi connectivity index (χ4v) is 2.84. The fourth-order valence-electron chi connectivity index (χ4n) is 2.84. The minimum absolute atomic E-state index is 0.0618. The first-order valence-electron chi connectivity index (χ1n) is 8.64. The molecule has 0 bridgehead atoms. The van der Waals surface area contributed by atoms with Gasteiger partial charge in [-0.05, 0) is 25.0 Å². The van der Waals surface area contributed by atoms with Crippen LogP contribution in [0, 0.1) is 23.4 Å². The Bertz CT molecular complexity index is 750. The van der Waals surface area contributed by atoms with Gasteiger partial charge in [0.1, 0.15) is 6.04 Å². The summed E-state index contributed by atoms with van der Waals surface area (Å²) in [5, 5.41) is 4.24. The van der Waals surface area contributed by atoms with Crippen molar-refractivity contribution in [2.24, 2.45) is 5.92 Å². The van der Waals surface area contributed by atoms with Crippen LogP contribution in [-0.2, 0) is 4.79 Å². The zero-order valence-electron chi connectivity index (χ0n) is 15.1. The van der Waals surface area contributed by atoms with Gasteiger partial charge in [0, 0.05) is 12.0 Å². The number of halogens is 3. The van der Waals surface area contributed by atoms with Gasteiger partial charge in [0.25, 0.3) is 5.91 Å². The van der Waals surface area contributed by atoms with E-state index in [0.29, 0.717) is 5.92 Å². The third kappa shape index (κ3) is 5.08. The fraction of sp³-hybridized carbons (Fsp3) is 0.350. The number of nitrogens with one attached hydrogen (secondary N) is 1. The van der Waals surface area contributed by atoms with Crippen LogP contribution in [0.25, 0.3) is 0 Å². The molecule has 3 nitrogen and oxygen atoms in total. The summed E-state index contributed by atoms with van der Waals surface area (Å²) in [5.41, 5.74) is 0.731. The number of rotatable bonds is 7. The summed E-state index contributed by atoms with van der Waals surface area (Å²) in [4.78, 5) is 12.4. The minimum atomic E-state index is -1.60. The van der Waals surface area contributed by atoms with Crippen LogP contribution < -0.4 is 10.6 Å². The summed E-state index contributed by atoms with van der Waals surface area (Å²) in [6.07, 6.45) is 0.862. The van der Waals surface area contributed by atoms with Crippen molar-refractivity contribution < 1.29 is 23.3 Å². The van der Waals surface area contributed by atoms with Crippen LogP contribution >= 0.6 is 0 Å². The molecule has 2 atom stereocenters. The molecule has 0 heterocycles. The van der Waals surface area contributed by atoms with E-state index in [1.54, 1.807) is 6.92 Å². The predicted molar refractivity (Wildman–Crippen MR) is 95.0 cm³/mol. The van der Waals surface area contributed by atoms with Crippen molar-refractivity contribution in [3.63, 3.8) is 0 Å². The molecule has 0 aromatic heterocycles. The molecule has 2 rings (SSSR count). The van der Waals surface area contributed by atoms with Crippen LogP contribution in [-0.4, -0.2) is 11.9 Å². The molecule has 0 aliphatic heterocycles. The van der Waals surface area contributed by atoms with Crippen LogP contribution in [0.5, 0.6) is 0 Å². The molecule has 0 unspecified atom stereocenters. The van der Waals surface area contributed by atoms with Gasteiger partial charge in [-0.2, -0.15) is 0 Å². The van der Waals surface area contributed by atoms with E-state index in [4.69, 9.17) is 0 Å². The molecule has 0 fully saturated rings. The molecule has 3 N–H and O–H groups in total. The normalized spacial score (nSPS) is 13.5. The Labute approximate surface area is 151 Å². The van der Waals surface area contributed by atoms with Gasteiger partial charge < -0.3 is 10.6 Å². The summed E-state index contributed by atoms with van der Waals surface area (Å²) in [6, 6.07) is 11.1. The average molecular weight is 365 g/mol. The molecule has 0 spiro atoms. The summed E-state index contributed by atoms with van der Waals surface area (Å²) in [5.74, 6) is -4.33. The zero-order valence-corrected chi connectivity index (χ0v) is 15.1. The molecule has 0 aliphatic rings. The highest BCUT2D eigenvalue weighted by atomic mass is 19.2. The maximum atomic E-state index is 13.7.